The monoisotopic (exact) mass is 353 g/mol. The molecule has 0 fully saturated rings. The van der Waals surface area contributed by atoms with Gasteiger partial charge in [0.15, 0.2) is 0 Å². The third-order valence-electron chi connectivity index (χ3n) is 5.07. The van der Waals surface area contributed by atoms with Crippen molar-refractivity contribution >= 4 is 30.6 Å². The average Bonchev–Trinajstić information content (AvgIpc) is 2.89. The Morgan fingerprint density at radius 3 is 2.28 bits per heavy atom. The van der Waals surface area contributed by atoms with E-state index in [1.54, 1.807) is 0 Å². The second kappa shape index (κ2) is 6.22. The van der Waals surface area contributed by atoms with Crippen LogP contribution in [0.5, 0.6) is 5.75 Å². The number of nitrogens with zero attached hydrogens (tertiary/aromatic N) is 2. The lowest BCUT2D eigenvalue weighted by Gasteiger charge is -2.36. The number of aromatic nitrogens is 2. The first-order chi connectivity index (χ1) is 11.7. The number of anilines is 2. The fraction of sp³-hybridized carbons (Fsp3) is 0.350. The van der Waals surface area contributed by atoms with Gasteiger partial charge in [0.2, 0.25) is 8.32 Å². The van der Waals surface area contributed by atoms with E-state index in [9.17, 15) is 0 Å². The lowest BCUT2D eigenvalue weighted by atomic mass is 10.2. The molecule has 3 rings (SSSR count). The predicted molar refractivity (Wildman–Crippen MR) is 108 cm³/mol. The number of hydrogen-bond donors (Lipinski definition) is 1. The number of nitrogens with one attached hydrogen (secondary N) is 1. The van der Waals surface area contributed by atoms with E-state index in [1.807, 2.05) is 30.1 Å². The Bertz CT molecular complexity index is 876. The van der Waals surface area contributed by atoms with Crippen molar-refractivity contribution in [1.29, 1.82) is 0 Å². The first-order valence-corrected chi connectivity index (χ1v) is 11.5. The fourth-order valence-corrected chi connectivity index (χ4v) is 3.49. The molecule has 0 amide bonds. The van der Waals surface area contributed by atoms with Crippen LogP contribution in [-0.4, -0.2) is 18.1 Å². The molecule has 0 atom stereocenters. The van der Waals surface area contributed by atoms with Crippen LogP contribution in [0, 0.1) is 0 Å². The van der Waals surface area contributed by atoms with Gasteiger partial charge in [-0.2, -0.15) is 5.10 Å². The first-order valence-electron chi connectivity index (χ1n) is 8.64. The van der Waals surface area contributed by atoms with Crippen molar-refractivity contribution in [1.82, 2.24) is 9.78 Å². The summed E-state index contributed by atoms with van der Waals surface area (Å²) in [6, 6.07) is 14.5. The lowest BCUT2D eigenvalue weighted by molar-refractivity contribution is 0.492. The van der Waals surface area contributed by atoms with E-state index >= 15 is 0 Å². The van der Waals surface area contributed by atoms with Crippen LogP contribution in [0.15, 0.2) is 48.7 Å². The van der Waals surface area contributed by atoms with Crippen LogP contribution in [0.1, 0.15) is 20.8 Å². The highest BCUT2D eigenvalue weighted by Crippen LogP contribution is 2.37. The largest absolute Gasteiger partial charge is 0.544 e. The SMILES string of the molecule is Cn1ncc2cc(Nc3ccc(O[Si](C)(C)C(C)(C)C)cc3)ccc21. The number of benzene rings is 2. The van der Waals surface area contributed by atoms with Crippen LogP contribution < -0.4 is 9.74 Å². The van der Waals surface area contributed by atoms with Crippen molar-refractivity contribution in [3.8, 4) is 5.75 Å². The van der Waals surface area contributed by atoms with E-state index in [4.69, 9.17) is 4.43 Å². The highest BCUT2D eigenvalue weighted by molar-refractivity contribution is 6.74. The molecule has 0 aliphatic heterocycles. The van der Waals surface area contributed by atoms with Crippen molar-refractivity contribution < 1.29 is 4.43 Å². The zero-order chi connectivity index (χ0) is 18.2. The quantitative estimate of drug-likeness (QED) is 0.611. The Hall–Kier alpha value is -2.27. The zero-order valence-corrected chi connectivity index (χ0v) is 16.9. The van der Waals surface area contributed by atoms with Crippen molar-refractivity contribution in [2.75, 3.05) is 5.32 Å². The van der Waals surface area contributed by atoms with E-state index in [2.05, 4.69) is 74.6 Å². The second-order valence-electron chi connectivity index (χ2n) is 8.05. The van der Waals surface area contributed by atoms with Gasteiger partial charge in [-0.05, 0) is 60.6 Å². The molecule has 0 saturated carbocycles. The maximum atomic E-state index is 6.33. The predicted octanol–water partition coefficient (Wildman–Crippen LogP) is 5.70. The van der Waals surface area contributed by atoms with E-state index in [-0.39, 0.29) is 5.04 Å². The number of hydrogen-bond acceptors (Lipinski definition) is 3. The normalized spacial score (nSPS) is 12.4. The van der Waals surface area contributed by atoms with Crippen LogP contribution >= 0.6 is 0 Å². The van der Waals surface area contributed by atoms with Crippen LogP contribution in [0.3, 0.4) is 0 Å². The van der Waals surface area contributed by atoms with Crippen LogP contribution in [0.2, 0.25) is 18.1 Å². The Morgan fingerprint density at radius 2 is 1.64 bits per heavy atom. The molecular weight excluding hydrogens is 326 g/mol. The topological polar surface area (TPSA) is 39.1 Å². The number of fused-ring (bicyclic) bond motifs is 1. The van der Waals surface area contributed by atoms with E-state index < -0.39 is 8.32 Å². The minimum absolute atomic E-state index is 0.197. The van der Waals surface area contributed by atoms with Crippen molar-refractivity contribution in [3.63, 3.8) is 0 Å². The van der Waals surface area contributed by atoms with E-state index in [1.165, 1.54) is 0 Å². The summed E-state index contributed by atoms with van der Waals surface area (Å²) in [6.45, 7) is 11.3. The Balaban J connectivity index is 1.73. The van der Waals surface area contributed by atoms with Crippen molar-refractivity contribution in [2.24, 2.45) is 7.05 Å². The van der Waals surface area contributed by atoms with Gasteiger partial charge >= 0.3 is 0 Å². The highest BCUT2D eigenvalue weighted by Gasteiger charge is 2.38. The van der Waals surface area contributed by atoms with Crippen LogP contribution in [0.4, 0.5) is 11.4 Å². The van der Waals surface area contributed by atoms with Gasteiger partial charge in [0.05, 0.1) is 11.7 Å². The van der Waals surface area contributed by atoms with Gasteiger partial charge in [-0.25, -0.2) is 0 Å². The lowest BCUT2D eigenvalue weighted by Crippen LogP contribution is -2.43. The number of aryl methyl sites for hydroxylation is 1. The molecular formula is C20H27N3OSi. The standard InChI is InChI=1S/C20H27N3OSi/c1-20(2,3)25(5,6)24-18-10-7-16(8-11-18)22-17-9-12-19-15(13-17)14-21-23(19)4/h7-14,22H,1-6H3. The minimum atomic E-state index is -1.80. The maximum absolute atomic E-state index is 6.33. The molecule has 132 valence electrons. The summed E-state index contributed by atoms with van der Waals surface area (Å²) < 4.78 is 8.21. The molecule has 0 saturated heterocycles. The summed E-state index contributed by atoms with van der Waals surface area (Å²) in [5.41, 5.74) is 3.23. The molecule has 4 nitrogen and oxygen atoms in total. The molecule has 1 aromatic heterocycles. The molecule has 0 aliphatic rings. The summed E-state index contributed by atoms with van der Waals surface area (Å²) in [5, 5.41) is 9.06. The third kappa shape index (κ3) is 3.71. The molecule has 1 heterocycles. The molecule has 1 N–H and O–H groups in total. The van der Waals surface area contributed by atoms with Gasteiger partial charge in [-0.15, -0.1) is 0 Å². The van der Waals surface area contributed by atoms with Gasteiger partial charge in [0.1, 0.15) is 5.75 Å². The van der Waals surface area contributed by atoms with Gasteiger partial charge in [-0.3, -0.25) is 4.68 Å². The van der Waals surface area contributed by atoms with Crippen molar-refractivity contribution in [3.05, 3.63) is 48.7 Å². The third-order valence-corrected chi connectivity index (χ3v) is 9.43. The molecule has 0 radical (unpaired) electrons. The smallest absolute Gasteiger partial charge is 0.250 e. The highest BCUT2D eigenvalue weighted by atomic mass is 28.4. The van der Waals surface area contributed by atoms with Crippen LogP contribution in [-0.2, 0) is 7.05 Å². The maximum Gasteiger partial charge on any atom is 0.250 e. The summed E-state index contributed by atoms with van der Waals surface area (Å²) in [5.74, 6) is 0.944. The van der Waals surface area contributed by atoms with Gasteiger partial charge in [0.25, 0.3) is 0 Å². The molecule has 0 spiro atoms. The van der Waals surface area contributed by atoms with Gasteiger partial charge in [0, 0.05) is 23.8 Å². The summed E-state index contributed by atoms with van der Waals surface area (Å²) in [7, 11) is 0.160. The Kier molecular flexibility index (Phi) is 4.37. The Morgan fingerprint density at radius 1 is 1.00 bits per heavy atom. The van der Waals surface area contributed by atoms with Gasteiger partial charge < -0.3 is 9.74 Å². The Labute approximate surface area is 150 Å². The summed E-state index contributed by atoms with van der Waals surface area (Å²) in [6.07, 6.45) is 1.89. The molecule has 2 aromatic carbocycles. The second-order valence-corrected chi connectivity index (χ2v) is 12.8. The summed E-state index contributed by atoms with van der Waals surface area (Å²) in [4.78, 5) is 0. The van der Waals surface area contributed by atoms with E-state index in [0.717, 1.165) is 28.0 Å². The molecule has 0 unspecified atom stereocenters. The van der Waals surface area contributed by atoms with Crippen LogP contribution in [0.25, 0.3) is 10.9 Å². The molecule has 0 bridgehead atoms. The van der Waals surface area contributed by atoms with Crippen molar-refractivity contribution in [2.45, 2.75) is 38.9 Å². The first kappa shape index (κ1) is 17.5. The number of rotatable bonds is 4. The molecule has 3 aromatic rings. The fourth-order valence-electron chi connectivity index (χ4n) is 2.46. The van der Waals surface area contributed by atoms with E-state index in [0.29, 0.717) is 0 Å². The summed E-state index contributed by atoms with van der Waals surface area (Å²) >= 11 is 0. The minimum Gasteiger partial charge on any atom is -0.544 e. The zero-order valence-electron chi connectivity index (χ0n) is 15.9. The molecule has 25 heavy (non-hydrogen) atoms. The molecule has 0 aliphatic carbocycles. The molecule has 5 heteroatoms. The average molecular weight is 354 g/mol. The van der Waals surface area contributed by atoms with Gasteiger partial charge in [-0.1, -0.05) is 20.8 Å².